The van der Waals surface area contributed by atoms with Crippen LogP contribution in [0.4, 0.5) is 0 Å². The average Bonchev–Trinajstić information content (AvgIpc) is 1.84. The van der Waals surface area contributed by atoms with Gasteiger partial charge in [0.25, 0.3) is 5.78 Å². The Bertz CT molecular complexity index is 135. The summed E-state index contributed by atoms with van der Waals surface area (Å²) in [5.41, 5.74) is 0. The molecule has 0 saturated carbocycles. The molecule has 44 valence electrons. The zero-order valence-electron chi connectivity index (χ0n) is 3.87. The molecule has 0 aromatic heterocycles. The number of aldehydes is 1. The number of rotatable bonds is 2. The van der Waals surface area contributed by atoms with Crippen molar-refractivity contribution >= 4 is 12.1 Å². The van der Waals surface area contributed by atoms with Crippen LogP contribution < -0.4 is 0 Å². The predicted octanol–water partition coefficient (Wildman–Crippen LogP) is -0.288. The average molecular weight is 116 g/mol. The molecule has 0 fully saturated rings. The SMILES string of the molecule is O=CC(=O)C(O)=CO. The Labute approximate surface area is 45.1 Å². The van der Waals surface area contributed by atoms with Crippen LogP contribution in [0, 0.1) is 0 Å². The highest BCUT2D eigenvalue weighted by molar-refractivity contribution is 6.31. The summed E-state index contributed by atoms with van der Waals surface area (Å²) in [4.78, 5) is 19.3. The number of allylic oxidation sites excluding steroid dienone is 1. The second-order valence-corrected chi connectivity index (χ2v) is 0.996. The number of aliphatic hydroxyl groups excluding tert-OH is 2. The Morgan fingerprint density at radius 2 is 2.00 bits per heavy atom. The summed E-state index contributed by atoms with van der Waals surface area (Å²) in [6.45, 7) is 0. The maximum atomic E-state index is 9.90. The van der Waals surface area contributed by atoms with Gasteiger partial charge in [0.2, 0.25) is 5.76 Å². The molecule has 0 aliphatic rings. The molecule has 4 heteroatoms. The van der Waals surface area contributed by atoms with E-state index in [-0.39, 0.29) is 12.5 Å². The minimum atomic E-state index is -1.13. The fourth-order valence-electron chi connectivity index (χ4n) is 0.124. The van der Waals surface area contributed by atoms with Crippen LogP contribution in [-0.4, -0.2) is 22.3 Å². The van der Waals surface area contributed by atoms with Crippen molar-refractivity contribution in [3.05, 3.63) is 12.0 Å². The summed E-state index contributed by atoms with van der Waals surface area (Å²) >= 11 is 0. The van der Waals surface area contributed by atoms with E-state index in [0.717, 1.165) is 0 Å². The molecular weight excluding hydrogens is 112 g/mol. The van der Waals surface area contributed by atoms with Crippen molar-refractivity contribution < 1.29 is 19.8 Å². The van der Waals surface area contributed by atoms with E-state index in [1.54, 1.807) is 0 Å². The van der Waals surface area contributed by atoms with Crippen molar-refractivity contribution in [1.82, 2.24) is 0 Å². The van der Waals surface area contributed by atoms with E-state index in [9.17, 15) is 9.59 Å². The monoisotopic (exact) mass is 116 g/mol. The zero-order valence-corrected chi connectivity index (χ0v) is 3.87. The van der Waals surface area contributed by atoms with E-state index < -0.39 is 11.5 Å². The smallest absolute Gasteiger partial charge is 0.262 e. The van der Waals surface area contributed by atoms with Crippen molar-refractivity contribution in [1.29, 1.82) is 0 Å². The summed E-state index contributed by atoms with van der Waals surface area (Å²) in [7, 11) is 0. The van der Waals surface area contributed by atoms with Crippen LogP contribution in [0.3, 0.4) is 0 Å². The highest BCUT2D eigenvalue weighted by Gasteiger charge is 2.02. The lowest BCUT2D eigenvalue weighted by molar-refractivity contribution is -0.129. The molecule has 0 bridgehead atoms. The van der Waals surface area contributed by atoms with Gasteiger partial charge in [-0.15, -0.1) is 0 Å². The Balaban J connectivity index is 4.03. The largest absolute Gasteiger partial charge is 0.512 e. The van der Waals surface area contributed by atoms with Gasteiger partial charge in [-0.25, -0.2) is 0 Å². The van der Waals surface area contributed by atoms with E-state index >= 15 is 0 Å². The number of carbonyl (C=O) groups is 2. The Morgan fingerprint density at radius 3 is 2.12 bits per heavy atom. The zero-order chi connectivity index (χ0) is 6.57. The first-order chi connectivity index (χ1) is 3.72. The molecule has 0 amide bonds. The molecule has 0 aliphatic heterocycles. The first kappa shape index (κ1) is 6.68. The molecule has 0 saturated heterocycles. The summed E-state index contributed by atoms with van der Waals surface area (Å²) in [5.74, 6) is -2.08. The van der Waals surface area contributed by atoms with Gasteiger partial charge >= 0.3 is 0 Å². The Kier molecular flexibility index (Phi) is 2.33. The van der Waals surface area contributed by atoms with E-state index in [0.29, 0.717) is 0 Å². The first-order valence-electron chi connectivity index (χ1n) is 1.75. The standard InChI is InChI=1S/C4H4O4/c5-1-3(7)4(8)2-6/h1-2,5,7H. The number of ketones is 1. The predicted molar refractivity (Wildman–Crippen MR) is 24.4 cm³/mol. The third-order valence-electron chi connectivity index (χ3n) is 0.482. The normalized spacial score (nSPS) is 10.8. The number of carbonyl (C=O) groups excluding carboxylic acids is 2. The third-order valence-corrected chi connectivity index (χ3v) is 0.482. The number of aliphatic hydroxyl groups is 2. The highest BCUT2D eigenvalue weighted by atomic mass is 16.3. The molecule has 0 aliphatic carbocycles. The second-order valence-electron chi connectivity index (χ2n) is 0.996. The minimum Gasteiger partial charge on any atom is -0.512 e. The van der Waals surface area contributed by atoms with Gasteiger partial charge in [-0.3, -0.25) is 9.59 Å². The van der Waals surface area contributed by atoms with E-state index in [2.05, 4.69) is 0 Å². The summed E-state index contributed by atoms with van der Waals surface area (Å²) in [5, 5.41) is 16.0. The molecule has 0 aromatic rings. The Morgan fingerprint density at radius 1 is 1.50 bits per heavy atom. The van der Waals surface area contributed by atoms with Gasteiger partial charge in [0, 0.05) is 0 Å². The lowest BCUT2D eigenvalue weighted by atomic mass is 10.4. The maximum absolute atomic E-state index is 9.90. The fraction of sp³-hybridized carbons (Fsp3) is 0. The highest BCUT2D eigenvalue weighted by Crippen LogP contribution is 1.82. The van der Waals surface area contributed by atoms with Crippen molar-refractivity contribution in [2.45, 2.75) is 0 Å². The van der Waals surface area contributed by atoms with Crippen LogP contribution in [0.15, 0.2) is 12.0 Å². The van der Waals surface area contributed by atoms with Gasteiger partial charge in [0.05, 0.1) is 0 Å². The van der Waals surface area contributed by atoms with E-state index in [4.69, 9.17) is 10.2 Å². The van der Waals surface area contributed by atoms with Gasteiger partial charge in [-0.05, 0) is 0 Å². The first-order valence-corrected chi connectivity index (χ1v) is 1.75. The molecule has 0 spiro atoms. The molecule has 0 rings (SSSR count). The lowest BCUT2D eigenvalue weighted by Crippen LogP contribution is -2.01. The molecule has 0 heterocycles. The van der Waals surface area contributed by atoms with Crippen LogP contribution in [-0.2, 0) is 9.59 Å². The quantitative estimate of drug-likeness (QED) is 0.225. The van der Waals surface area contributed by atoms with Crippen LogP contribution in [0.25, 0.3) is 0 Å². The van der Waals surface area contributed by atoms with E-state index in [1.807, 2.05) is 0 Å². The summed E-state index contributed by atoms with van der Waals surface area (Å²) in [6, 6.07) is 0. The summed E-state index contributed by atoms with van der Waals surface area (Å²) in [6.07, 6.45) is 0.0682. The van der Waals surface area contributed by atoms with Crippen LogP contribution in [0.2, 0.25) is 0 Å². The van der Waals surface area contributed by atoms with Crippen molar-refractivity contribution in [2.75, 3.05) is 0 Å². The Hall–Kier alpha value is -1.32. The van der Waals surface area contributed by atoms with Crippen LogP contribution in [0.1, 0.15) is 0 Å². The third kappa shape index (κ3) is 1.42. The molecule has 0 atom stereocenters. The fourth-order valence-corrected chi connectivity index (χ4v) is 0.124. The number of hydrogen-bond donors (Lipinski definition) is 2. The molecule has 0 radical (unpaired) electrons. The second kappa shape index (κ2) is 2.79. The van der Waals surface area contributed by atoms with Crippen LogP contribution >= 0.6 is 0 Å². The molecule has 0 unspecified atom stereocenters. The topological polar surface area (TPSA) is 74.6 Å². The van der Waals surface area contributed by atoms with E-state index in [1.165, 1.54) is 0 Å². The minimum absolute atomic E-state index is 0.0952. The lowest BCUT2D eigenvalue weighted by Gasteiger charge is -1.82. The maximum Gasteiger partial charge on any atom is 0.262 e. The molecular formula is C4H4O4. The molecule has 4 nitrogen and oxygen atoms in total. The van der Waals surface area contributed by atoms with Gasteiger partial charge in [0.15, 0.2) is 6.29 Å². The van der Waals surface area contributed by atoms with Crippen molar-refractivity contribution in [3.63, 3.8) is 0 Å². The van der Waals surface area contributed by atoms with Gasteiger partial charge < -0.3 is 10.2 Å². The molecule has 2 N–H and O–H groups in total. The molecule has 8 heavy (non-hydrogen) atoms. The van der Waals surface area contributed by atoms with Crippen molar-refractivity contribution in [3.8, 4) is 0 Å². The number of Topliss-reactive ketones (excluding diaryl/α,β-unsaturated/α-hetero) is 1. The summed E-state index contributed by atoms with van der Waals surface area (Å²) < 4.78 is 0. The van der Waals surface area contributed by atoms with Gasteiger partial charge in [0.1, 0.15) is 6.26 Å². The number of hydrogen-bond acceptors (Lipinski definition) is 4. The van der Waals surface area contributed by atoms with Gasteiger partial charge in [-0.2, -0.15) is 0 Å². The van der Waals surface area contributed by atoms with Crippen LogP contribution in [0.5, 0.6) is 0 Å². The van der Waals surface area contributed by atoms with Gasteiger partial charge in [-0.1, -0.05) is 0 Å². The van der Waals surface area contributed by atoms with Crippen molar-refractivity contribution in [2.24, 2.45) is 0 Å². The molecule has 0 aromatic carbocycles.